The molecule has 3 saturated heterocycles. The lowest BCUT2D eigenvalue weighted by Gasteiger charge is -2.46. The third-order valence-electron chi connectivity index (χ3n) is 12.5. The quantitative estimate of drug-likeness (QED) is 0.101. The maximum atomic E-state index is 10.6. The molecule has 0 radical (unpaired) electrons. The van der Waals surface area contributed by atoms with Crippen LogP contribution in [0.4, 0.5) is 0 Å². The fraction of sp³-hybridized carbons (Fsp3) is 0.796. The standard InChI is InChI=1S/C49H84O10Si/c1-17-18-38(59-60(15,16)46(5,6)7)26-41-30-42(56-48(10,11)55-41)27-39(52-32-35-20-23-36(51-14)24-21-35)28-43-31-44(58-49(12,13)57-43)29-40-25-37(53-47(8,9)54-40)22-19-34(4)45(50)33(2)3/h17,19-24,33-34,37-45,50H,1,18,25-32H2,2-16H3/b22-19+/t34-,37-,38-,39+,40-,41-,42+,43-,44+,45-/m0/s1. The van der Waals surface area contributed by atoms with E-state index in [1.54, 1.807) is 7.11 Å². The van der Waals surface area contributed by atoms with E-state index in [1.807, 2.05) is 80.5 Å². The van der Waals surface area contributed by atoms with Gasteiger partial charge in [0.15, 0.2) is 25.7 Å². The van der Waals surface area contributed by atoms with E-state index in [9.17, 15) is 5.11 Å². The molecule has 0 aromatic heterocycles. The van der Waals surface area contributed by atoms with Gasteiger partial charge in [-0.3, -0.25) is 0 Å². The normalized spacial score (nSPS) is 29.2. The number of benzene rings is 1. The van der Waals surface area contributed by atoms with Crippen molar-refractivity contribution in [3.05, 3.63) is 54.6 Å². The fourth-order valence-electron chi connectivity index (χ4n) is 8.76. The molecule has 4 rings (SSSR count). The van der Waals surface area contributed by atoms with Gasteiger partial charge in [-0.1, -0.05) is 71.9 Å². The van der Waals surface area contributed by atoms with Crippen LogP contribution in [0.5, 0.6) is 5.75 Å². The van der Waals surface area contributed by atoms with E-state index in [-0.39, 0.29) is 65.7 Å². The summed E-state index contributed by atoms with van der Waals surface area (Å²) in [6.07, 6.45) is 10.9. The second-order valence-corrected chi connectivity index (χ2v) is 25.7. The number of ether oxygens (including phenoxy) is 8. The third-order valence-corrected chi connectivity index (χ3v) is 17.1. The zero-order chi connectivity index (χ0) is 44.7. The van der Waals surface area contributed by atoms with E-state index in [4.69, 9.17) is 42.3 Å². The third kappa shape index (κ3) is 16.2. The Morgan fingerprint density at radius 1 is 0.767 bits per heavy atom. The minimum absolute atomic E-state index is 0.0253. The summed E-state index contributed by atoms with van der Waals surface area (Å²) in [7, 11) is -0.335. The monoisotopic (exact) mass is 861 g/mol. The van der Waals surface area contributed by atoms with Crippen LogP contribution in [0, 0.1) is 11.8 Å². The summed E-state index contributed by atoms with van der Waals surface area (Å²) in [5.74, 6) is -1.28. The van der Waals surface area contributed by atoms with Gasteiger partial charge in [-0.2, -0.15) is 0 Å². The van der Waals surface area contributed by atoms with Crippen LogP contribution in [-0.4, -0.2) is 92.8 Å². The molecule has 1 aromatic rings. The molecule has 1 N–H and O–H groups in total. The van der Waals surface area contributed by atoms with Gasteiger partial charge in [0, 0.05) is 44.4 Å². The maximum absolute atomic E-state index is 10.6. The van der Waals surface area contributed by atoms with Gasteiger partial charge >= 0.3 is 0 Å². The number of aliphatic hydroxyl groups excluding tert-OH is 1. The zero-order valence-corrected chi connectivity index (χ0v) is 41.1. The lowest BCUT2D eigenvalue weighted by Crippen LogP contribution is -2.50. The molecule has 0 saturated carbocycles. The van der Waals surface area contributed by atoms with Gasteiger partial charge in [0.1, 0.15) is 5.75 Å². The average Bonchev–Trinajstić information content (AvgIpc) is 3.10. The van der Waals surface area contributed by atoms with E-state index in [1.165, 1.54) is 0 Å². The zero-order valence-electron chi connectivity index (χ0n) is 40.1. The maximum Gasteiger partial charge on any atom is 0.192 e. The Labute approximate surface area is 365 Å². The molecule has 0 unspecified atom stereocenters. The molecular formula is C49H84O10Si. The topological polar surface area (TPSA) is 103 Å². The first-order valence-electron chi connectivity index (χ1n) is 22.7. The second kappa shape index (κ2) is 21.4. The SMILES string of the molecule is C=CC[C@@H](C[C@H]1C[C@@H](C[C@H](C[C@H]2C[C@@H](C[C@@H]3C[C@H](/C=C/[C@H](C)[C@@H](O)C(C)C)OC(C)(C)O3)OC(C)(C)O2)OCc2ccc(OC)cc2)OC(C)(C)O1)O[Si](C)(C)C(C)(C)C. The predicted molar refractivity (Wildman–Crippen MR) is 241 cm³/mol. The van der Waals surface area contributed by atoms with Crippen LogP contribution in [-0.2, 0) is 44.2 Å². The molecule has 0 bridgehead atoms. The summed E-state index contributed by atoms with van der Waals surface area (Å²) in [5, 5.41) is 10.7. The highest BCUT2D eigenvalue weighted by atomic mass is 28.4. The molecule has 344 valence electrons. The number of aliphatic hydroxyl groups is 1. The first-order valence-corrected chi connectivity index (χ1v) is 25.6. The Morgan fingerprint density at radius 3 is 1.75 bits per heavy atom. The molecule has 3 fully saturated rings. The van der Waals surface area contributed by atoms with Crippen LogP contribution < -0.4 is 4.74 Å². The van der Waals surface area contributed by atoms with Crippen molar-refractivity contribution in [1.29, 1.82) is 0 Å². The van der Waals surface area contributed by atoms with Crippen LogP contribution >= 0.6 is 0 Å². The van der Waals surface area contributed by atoms with Crippen LogP contribution in [0.15, 0.2) is 49.1 Å². The highest BCUT2D eigenvalue weighted by Gasteiger charge is 2.44. The molecule has 3 heterocycles. The van der Waals surface area contributed by atoms with Crippen LogP contribution in [0.2, 0.25) is 18.1 Å². The predicted octanol–water partition coefficient (Wildman–Crippen LogP) is 11.0. The van der Waals surface area contributed by atoms with E-state index in [0.29, 0.717) is 38.7 Å². The van der Waals surface area contributed by atoms with Gasteiger partial charge in [-0.05, 0) is 96.1 Å². The number of methoxy groups -OCH3 is 1. The largest absolute Gasteiger partial charge is 0.497 e. The van der Waals surface area contributed by atoms with Crippen molar-refractivity contribution in [2.75, 3.05) is 7.11 Å². The minimum atomic E-state index is -2.01. The molecule has 10 atom stereocenters. The summed E-state index contributed by atoms with van der Waals surface area (Å²) >= 11 is 0. The van der Waals surface area contributed by atoms with Crippen LogP contribution in [0.3, 0.4) is 0 Å². The molecular weight excluding hydrogens is 777 g/mol. The van der Waals surface area contributed by atoms with E-state index in [2.05, 4.69) is 64.7 Å². The molecule has 60 heavy (non-hydrogen) atoms. The Balaban J connectivity index is 1.50. The minimum Gasteiger partial charge on any atom is -0.497 e. The van der Waals surface area contributed by atoms with Crippen molar-refractivity contribution in [2.24, 2.45) is 11.8 Å². The van der Waals surface area contributed by atoms with Crippen molar-refractivity contribution in [3.8, 4) is 5.75 Å². The molecule has 0 spiro atoms. The van der Waals surface area contributed by atoms with Crippen molar-refractivity contribution < 1.29 is 47.4 Å². The summed E-state index contributed by atoms with van der Waals surface area (Å²) in [6, 6.07) is 8.05. The Kier molecular flexibility index (Phi) is 18.2. The molecule has 3 aliphatic rings. The van der Waals surface area contributed by atoms with E-state index in [0.717, 1.165) is 30.6 Å². The van der Waals surface area contributed by atoms with Crippen molar-refractivity contribution >= 4 is 8.32 Å². The smallest absolute Gasteiger partial charge is 0.192 e. The first kappa shape index (κ1) is 51.0. The number of hydrogen-bond donors (Lipinski definition) is 1. The lowest BCUT2D eigenvalue weighted by molar-refractivity contribution is -0.324. The molecule has 0 aliphatic carbocycles. The fourth-order valence-corrected chi connectivity index (χ4v) is 10.1. The summed E-state index contributed by atoms with van der Waals surface area (Å²) in [5.41, 5.74) is 1.07. The first-order chi connectivity index (χ1) is 27.8. The van der Waals surface area contributed by atoms with Gasteiger partial charge in [-0.15, -0.1) is 6.58 Å². The summed E-state index contributed by atoms with van der Waals surface area (Å²) < 4.78 is 58.5. The van der Waals surface area contributed by atoms with Crippen LogP contribution in [0.1, 0.15) is 140 Å². The van der Waals surface area contributed by atoms with E-state index >= 15 is 0 Å². The van der Waals surface area contributed by atoms with Gasteiger partial charge in [0.2, 0.25) is 0 Å². The van der Waals surface area contributed by atoms with Crippen LogP contribution in [0.25, 0.3) is 0 Å². The van der Waals surface area contributed by atoms with Crippen molar-refractivity contribution in [1.82, 2.24) is 0 Å². The highest BCUT2D eigenvalue weighted by Crippen LogP contribution is 2.41. The summed E-state index contributed by atoms with van der Waals surface area (Å²) in [4.78, 5) is 0. The molecule has 3 aliphatic heterocycles. The lowest BCUT2D eigenvalue weighted by atomic mass is 9.92. The molecule has 10 nitrogen and oxygen atoms in total. The Bertz CT molecular complexity index is 1480. The number of rotatable bonds is 20. The summed E-state index contributed by atoms with van der Waals surface area (Å²) in [6.45, 7) is 34.1. The number of hydrogen-bond acceptors (Lipinski definition) is 10. The van der Waals surface area contributed by atoms with Gasteiger partial charge in [0.05, 0.1) is 68.7 Å². The molecule has 1 aromatic carbocycles. The van der Waals surface area contributed by atoms with Crippen molar-refractivity contribution in [3.63, 3.8) is 0 Å². The Morgan fingerprint density at radius 2 is 1.25 bits per heavy atom. The van der Waals surface area contributed by atoms with Crippen molar-refractivity contribution in [2.45, 2.75) is 231 Å². The molecule has 0 amide bonds. The second-order valence-electron chi connectivity index (χ2n) is 21.0. The van der Waals surface area contributed by atoms with Gasteiger partial charge < -0.3 is 47.4 Å². The Hall–Kier alpha value is -1.64. The van der Waals surface area contributed by atoms with E-state index < -0.39 is 31.8 Å². The average molecular weight is 861 g/mol. The van der Waals surface area contributed by atoms with Gasteiger partial charge in [-0.25, -0.2) is 0 Å². The molecule has 11 heteroatoms. The van der Waals surface area contributed by atoms with Gasteiger partial charge in [0.25, 0.3) is 0 Å². The highest BCUT2D eigenvalue weighted by molar-refractivity contribution is 6.74.